The summed E-state index contributed by atoms with van der Waals surface area (Å²) in [6.45, 7) is 1.63. The van der Waals surface area contributed by atoms with Crippen LogP contribution in [-0.4, -0.2) is 76.6 Å². The molecule has 1 aliphatic heterocycles. The number of thioether (sulfide) groups is 1. The maximum atomic E-state index is 14.4. The lowest BCUT2D eigenvalue weighted by Crippen LogP contribution is -2.53. The number of aliphatic hydroxyl groups excluding tert-OH is 1. The van der Waals surface area contributed by atoms with Gasteiger partial charge < -0.3 is 39.5 Å². The zero-order chi connectivity index (χ0) is 36.6. The maximum Gasteiger partial charge on any atom is 0.231 e. The third kappa shape index (κ3) is 6.22. The molecule has 2 heterocycles. The number of aromatic nitrogens is 2. The average molecular weight is 736 g/mol. The minimum Gasteiger partial charge on any atom is -0.507 e. The number of imidazole rings is 1. The number of allylic oxidation sites excluding steroid dienone is 1. The highest BCUT2D eigenvalue weighted by atomic mass is 35.5. The molecule has 51 heavy (non-hydrogen) atoms. The van der Waals surface area contributed by atoms with Crippen molar-refractivity contribution in [1.82, 2.24) is 15.3 Å². The van der Waals surface area contributed by atoms with E-state index in [0.29, 0.717) is 17.8 Å². The summed E-state index contributed by atoms with van der Waals surface area (Å²) in [7, 11) is 4.15. The molecule has 0 saturated heterocycles. The zero-order valence-electron chi connectivity index (χ0n) is 28.7. The smallest absolute Gasteiger partial charge is 0.231 e. The predicted molar refractivity (Wildman–Crippen MR) is 193 cm³/mol. The number of benzene rings is 3. The second kappa shape index (κ2) is 14.4. The van der Waals surface area contributed by atoms with Crippen LogP contribution in [0.5, 0.6) is 28.7 Å². The fourth-order valence-corrected chi connectivity index (χ4v) is 7.66. The predicted octanol–water partition coefficient (Wildman–Crippen LogP) is 6.47. The quantitative estimate of drug-likeness (QED) is 0.126. The number of H-pyrrole nitrogens is 1. The van der Waals surface area contributed by atoms with E-state index in [1.807, 2.05) is 30.5 Å². The summed E-state index contributed by atoms with van der Waals surface area (Å²) in [5.74, 6) is -2.66. The summed E-state index contributed by atoms with van der Waals surface area (Å²) in [6, 6.07) is 12.9. The van der Waals surface area contributed by atoms with E-state index in [1.54, 1.807) is 18.7 Å². The molecule has 12 nitrogen and oxygen atoms in total. The number of phenolic OH excluding ortho intramolecular Hbond substituents is 1. The van der Waals surface area contributed by atoms with Gasteiger partial charge in [0, 0.05) is 36.3 Å². The van der Waals surface area contributed by atoms with E-state index in [1.165, 1.54) is 45.6 Å². The second-order valence-corrected chi connectivity index (χ2v) is 13.8. The summed E-state index contributed by atoms with van der Waals surface area (Å²) in [4.78, 5) is 50.6. The second-order valence-electron chi connectivity index (χ2n) is 12.5. The number of ether oxygens (including phenoxy) is 4. The van der Waals surface area contributed by atoms with Crippen LogP contribution in [0.1, 0.15) is 59.9 Å². The van der Waals surface area contributed by atoms with Crippen LogP contribution in [0.15, 0.2) is 59.9 Å². The standard InChI is InChI=1S/C37H38ClN3O9S/c1-18-14-25(43)30(34(45)37(18)35(46)31-27(48-3)17-28(49-4)32(38)33(31)50-37)20(19-10-11-24(42)26(15-19)47-2)16-29(44)39-23(12-13-51-5)36-40-21-8-6-7-9-22(21)41-36/h6-11,15,17-18,20,23,42,45H,12-14,16H2,1-5H3,(H,39,44)(H,40,41)/t18-,20?,23+,37+/m1/s1. The number of rotatable bonds is 12. The third-order valence-electron chi connectivity index (χ3n) is 9.54. The molecule has 1 aliphatic carbocycles. The van der Waals surface area contributed by atoms with Crippen LogP contribution in [0.3, 0.4) is 0 Å². The van der Waals surface area contributed by atoms with Crippen LogP contribution in [0, 0.1) is 5.92 Å². The molecule has 1 amide bonds. The Balaban J connectivity index is 1.45. The number of Topliss-reactive ketones (excluding diaryl/α,β-unsaturated/α-hetero) is 2. The van der Waals surface area contributed by atoms with E-state index in [4.69, 9.17) is 35.5 Å². The van der Waals surface area contributed by atoms with Gasteiger partial charge in [0.15, 0.2) is 28.8 Å². The van der Waals surface area contributed by atoms with Gasteiger partial charge in [-0.2, -0.15) is 11.8 Å². The average Bonchev–Trinajstić information content (AvgIpc) is 3.69. The van der Waals surface area contributed by atoms with Crippen LogP contribution < -0.4 is 24.3 Å². The SMILES string of the molecule is COc1cc(C(CC(=O)N[C@@H](CCSC)c2nc3ccccc3[nH]2)C2=C(O)[C@@]3(Oc4c(Cl)c(OC)cc(OC)c4C3=O)[C@H](C)CC2=O)ccc1O. The van der Waals surface area contributed by atoms with Crippen molar-refractivity contribution in [2.24, 2.45) is 5.92 Å². The van der Waals surface area contributed by atoms with Gasteiger partial charge in [0.2, 0.25) is 17.3 Å². The van der Waals surface area contributed by atoms with Crippen LogP contribution in [0.4, 0.5) is 0 Å². The Morgan fingerprint density at radius 1 is 1.10 bits per heavy atom. The largest absolute Gasteiger partial charge is 0.507 e. The Morgan fingerprint density at radius 2 is 1.82 bits per heavy atom. The van der Waals surface area contributed by atoms with Crippen molar-refractivity contribution in [3.05, 3.63) is 81.8 Å². The molecule has 6 rings (SSSR count). The number of fused-ring (bicyclic) bond motifs is 2. The Morgan fingerprint density at radius 3 is 2.51 bits per heavy atom. The number of nitrogens with zero attached hydrogens (tertiary/aromatic N) is 1. The fourth-order valence-electron chi connectivity index (χ4n) is 6.93. The number of nitrogens with one attached hydrogen (secondary N) is 2. The monoisotopic (exact) mass is 735 g/mol. The lowest BCUT2D eigenvalue weighted by Gasteiger charge is -2.38. The summed E-state index contributed by atoms with van der Waals surface area (Å²) in [6.07, 6.45) is 2.01. The molecule has 4 N–H and O–H groups in total. The molecule has 4 atom stereocenters. The Bertz CT molecular complexity index is 2030. The van der Waals surface area contributed by atoms with Crippen LogP contribution >= 0.6 is 23.4 Å². The van der Waals surface area contributed by atoms with Gasteiger partial charge in [-0.25, -0.2) is 4.98 Å². The van der Waals surface area contributed by atoms with E-state index in [9.17, 15) is 24.6 Å². The first-order chi connectivity index (χ1) is 24.5. The number of methoxy groups -OCH3 is 3. The van der Waals surface area contributed by atoms with Gasteiger partial charge in [-0.15, -0.1) is 0 Å². The number of carbonyl (C=O) groups is 3. The lowest BCUT2D eigenvalue weighted by molar-refractivity contribution is -0.122. The molecule has 0 fully saturated rings. The number of phenols is 1. The third-order valence-corrected chi connectivity index (χ3v) is 10.5. The van der Waals surface area contributed by atoms with Gasteiger partial charge >= 0.3 is 0 Å². The molecule has 14 heteroatoms. The van der Waals surface area contributed by atoms with E-state index in [0.717, 1.165) is 16.8 Å². The Kier molecular flexibility index (Phi) is 10.1. The molecule has 3 aromatic carbocycles. The van der Waals surface area contributed by atoms with Crippen molar-refractivity contribution in [1.29, 1.82) is 0 Å². The molecule has 1 aromatic heterocycles. The van der Waals surface area contributed by atoms with Gasteiger partial charge in [-0.1, -0.05) is 36.7 Å². The zero-order valence-corrected chi connectivity index (χ0v) is 30.2. The summed E-state index contributed by atoms with van der Waals surface area (Å²) < 4.78 is 22.6. The molecule has 1 spiro atoms. The summed E-state index contributed by atoms with van der Waals surface area (Å²) >= 11 is 8.25. The number of hydrogen-bond acceptors (Lipinski definition) is 11. The first kappa shape index (κ1) is 35.9. The molecule has 2 aliphatic rings. The van der Waals surface area contributed by atoms with Crippen LogP contribution in [-0.2, 0) is 9.59 Å². The fraction of sp³-hybridized carbons (Fsp3) is 0.351. The van der Waals surface area contributed by atoms with Crippen molar-refractivity contribution < 1.29 is 43.5 Å². The number of halogens is 1. The molecule has 0 radical (unpaired) electrons. The van der Waals surface area contributed by atoms with Gasteiger partial charge in [-0.3, -0.25) is 14.4 Å². The topological polar surface area (TPSA) is 169 Å². The number of para-hydroxylation sites is 2. The molecular weight excluding hydrogens is 698 g/mol. The Hall–Kier alpha value is -4.88. The highest BCUT2D eigenvalue weighted by molar-refractivity contribution is 7.98. The molecule has 4 aromatic rings. The van der Waals surface area contributed by atoms with Crippen molar-refractivity contribution in [2.45, 2.75) is 43.7 Å². The number of aromatic amines is 1. The molecule has 268 valence electrons. The van der Waals surface area contributed by atoms with E-state index in [-0.39, 0.29) is 57.7 Å². The van der Waals surface area contributed by atoms with Crippen molar-refractivity contribution in [3.8, 4) is 28.7 Å². The van der Waals surface area contributed by atoms with Crippen molar-refractivity contribution in [3.63, 3.8) is 0 Å². The van der Waals surface area contributed by atoms with Gasteiger partial charge in [0.1, 0.15) is 27.9 Å². The first-order valence-corrected chi connectivity index (χ1v) is 18.0. The van der Waals surface area contributed by atoms with Crippen LogP contribution in [0.2, 0.25) is 5.02 Å². The highest BCUT2D eigenvalue weighted by Gasteiger charge is 2.61. The molecule has 0 saturated carbocycles. The minimum atomic E-state index is -2.06. The van der Waals surface area contributed by atoms with Crippen molar-refractivity contribution in [2.75, 3.05) is 33.3 Å². The maximum absolute atomic E-state index is 14.4. The van der Waals surface area contributed by atoms with Crippen molar-refractivity contribution >= 4 is 51.9 Å². The first-order valence-electron chi connectivity index (χ1n) is 16.2. The van der Waals surface area contributed by atoms with Gasteiger partial charge in [-0.05, 0) is 48.3 Å². The number of aliphatic hydroxyl groups is 1. The van der Waals surface area contributed by atoms with Gasteiger partial charge in [0.05, 0.1) is 38.4 Å². The minimum absolute atomic E-state index is 0.00142. The molecular formula is C37H38ClN3O9S. The Labute approximate surface area is 303 Å². The number of ketones is 2. The lowest BCUT2D eigenvalue weighted by atomic mass is 9.69. The highest BCUT2D eigenvalue weighted by Crippen LogP contribution is 2.56. The molecule has 0 bridgehead atoms. The normalized spacial score (nSPS) is 19.5. The number of hydrogen-bond donors (Lipinski definition) is 4. The molecule has 1 unspecified atom stereocenters. The van der Waals surface area contributed by atoms with E-state index >= 15 is 0 Å². The van der Waals surface area contributed by atoms with E-state index < -0.39 is 46.7 Å². The number of amides is 1. The van der Waals surface area contributed by atoms with Gasteiger partial charge in [0.25, 0.3) is 0 Å². The summed E-state index contributed by atoms with van der Waals surface area (Å²) in [5, 5.41) is 25.7. The van der Waals surface area contributed by atoms with E-state index in [2.05, 4.69) is 10.3 Å². The summed E-state index contributed by atoms with van der Waals surface area (Å²) in [5.41, 5.74) is -0.279. The number of aromatic hydroxyl groups is 1. The number of carbonyl (C=O) groups excluding carboxylic acids is 3. The van der Waals surface area contributed by atoms with Crippen LogP contribution in [0.25, 0.3) is 11.0 Å².